The fourth-order valence-corrected chi connectivity index (χ4v) is 6.15. The third kappa shape index (κ3) is 3.90. The van der Waals surface area contributed by atoms with Crippen molar-refractivity contribution in [1.82, 2.24) is 10.2 Å². The van der Waals surface area contributed by atoms with Crippen LogP contribution in [0, 0.1) is 12.7 Å². The van der Waals surface area contributed by atoms with Gasteiger partial charge in [-0.05, 0) is 42.3 Å². The summed E-state index contributed by atoms with van der Waals surface area (Å²) in [6.07, 6.45) is 0. The highest BCUT2D eigenvalue weighted by atomic mass is 32.2. The van der Waals surface area contributed by atoms with E-state index in [9.17, 15) is 14.0 Å². The monoisotopic (exact) mass is 515 g/mol. The minimum absolute atomic E-state index is 0.0284. The first-order valence-electron chi connectivity index (χ1n) is 11.2. The standard InChI is InChI=1S/C27H18FN3O3S2/c1-15-7-12-20-19(13-15)23(32)21-22(17-8-10-18(28)11-9-17)31(25(33)24(21)34-20)26-29-30-27(36-26)35-14-16-5-3-2-4-6-16/h2-13,22H,14H2,1H3. The second-order valence-electron chi connectivity index (χ2n) is 8.43. The van der Waals surface area contributed by atoms with Gasteiger partial charge < -0.3 is 4.42 Å². The van der Waals surface area contributed by atoms with E-state index in [0.717, 1.165) is 11.1 Å². The fraction of sp³-hybridized carbons (Fsp3) is 0.111. The molecule has 0 saturated heterocycles. The summed E-state index contributed by atoms with van der Waals surface area (Å²) in [5.74, 6) is -0.212. The van der Waals surface area contributed by atoms with Crippen molar-refractivity contribution >= 4 is 45.1 Å². The Balaban J connectivity index is 1.45. The Hall–Kier alpha value is -3.82. The highest BCUT2D eigenvalue weighted by Gasteiger charge is 2.45. The minimum atomic E-state index is -0.811. The second-order valence-corrected chi connectivity index (χ2v) is 10.6. The van der Waals surface area contributed by atoms with Crippen LogP contribution in [0.3, 0.4) is 0 Å². The van der Waals surface area contributed by atoms with Gasteiger partial charge in [0.15, 0.2) is 9.77 Å². The molecule has 0 aliphatic carbocycles. The Kier molecular flexibility index (Phi) is 5.66. The molecule has 1 unspecified atom stereocenters. The molecule has 6 rings (SSSR count). The number of thioether (sulfide) groups is 1. The largest absolute Gasteiger partial charge is 0.450 e. The number of hydrogen-bond acceptors (Lipinski definition) is 7. The molecule has 5 aromatic rings. The predicted molar refractivity (Wildman–Crippen MR) is 138 cm³/mol. The Morgan fingerprint density at radius 3 is 2.58 bits per heavy atom. The number of aryl methyl sites for hydroxylation is 1. The maximum atomic E-state index is 13.7. The highest BCUT2D eigenvalue weighted by Crippen LogP contribution is 2.43. The lowest BCUT2D eigenvalue weighted by molar-refractivity contribution is 0.0970. The number of hydrogen-bond donors (Lipinski definition) is 0. The van der Waals surface area contributed by atoms with Crippen LogP contribution in [0.2, 0.25) is 0 Å². The molecular formula is C27H18FN3O3S2. The van der Waals surface area contributed by atoms with E-state index in [4.69, 9.17) is 4.42 Å². The molecule has 6 nitrogen and oxygen atoms in total. The summed E-state index contributed by atoms with van der Waals surface area (Å²) in [6, 6.07) is 20.2. The zero-order valence-corrected chi connectivity index (χ0v) is 20.6. The number of carbonyl (C=O) groups excluding carboxylic acids is 1. The SMILES string of the molecule is Cc1ccc2oc3c(c(=O)c2c1)C(c1ccc(F)cc1)N(c1nnc(SCc2ccccc2)s1)C3=O. The summed E-state index contributed by atoms with van der Waals surface area (Å²) in [5.41, 5.74) is 2.90. The molecule has 178 valence electrons. The number of rotatable bonds is 5. The van der Waals surface area contributed by atoms with E-state index in [1.54, 1.807) is 24.3 Å². The van der Waals surface area contributed by atoms with Crippen LogP contribution >= 0.6 is 23.1 Å². The van der Waals surface area contributed by atoms with E-state index < -0.39 is 17.8 Å². The molecule has 9 heteroatoms. The van der Waals surface area contributed by atoms with E-state index in [2.05, 4.69) is 10.2 Å². The number of amides is 1. The summed E-state index contributed by atoms with van der Waals surface area (Å²) >= 11 is 2.78. The van der Waals surface area contributed by atoms with Gasteiger partial charge in [0.05, 0.1) is 17.0 Å². The van der Waals surface area contributed by atoms with Crippen LogP contribution in [0.1, 0.15) is 38.9 Å². The van der Waals surface area contributed by atoms with Gasteiger partial charge in [-0.1, -0.05) is 77.2 Å². The molecule has 0 N–H and O–H groups in total. The third-order valence-electron chi connectivity index (χ3n) is 6.02. The van der Waals surface area contributed by atoms with Crippen molar-refractivity contribution in [1.29, 1.82) is 0 Å². The molecule has 1 aliphatic heterocycles. The topological polar surface area (TPSA) is 76.3 Å². The van der Waals surface area contributed by atoms with Crippen LogP contribution in [0.25, 0.3) is 11.0 Å². The summed E-state index contributed by atoms with van der Waals surface area (Å²) in [6.45, 7) is 1.89. The van der Waals surface area contributed by atoms with Gasteiger partial charge in [-0.3, -0.25) is 14.5 Å². The summed E-state index contributed by atoms with van der Waals surface area (Å²) in [4.78, 5) is 28.7. The Bertz CT molecular complexity index is 1670. The molecule has 1 amide bonds. The van der Waals surface area contributed by atoms with Crippen LogP contribution in [-0.2, 0) is 5.75 Å². The van der Waals surface area contributed by atoms with Gasteiger partial charge in [-0.15, -0.1) is 10.2 Å². The Morgan fingerprint density at radius 2 is 1.81 bits per heavy atom. The third-order valence-corrected chi connectivity index (χ3v) is 8.15. The lowest BCUT2D eigenvalue weighted by Gasteiger charge is -2.22. The second kappa shape index (κ2) is 9.00. The van der Waals surface area contributed by atoms with E-state index >= 15 is 0 Å². The molecule has 36 heavy (non-hydrogen) atoms. The van der Waals surface area contributed by atoms with E-state index in [1.165, 1.54) is 40.1 Å². The molecule has 0 saturated carbocycles. The van der Waals surface area contributed by atoms with E-state index in [1.807, 2.05) is 43.3 Å². The molecule has 1 atom stereocenters. The maximum absolute atomic E-state index is 13.7. The normalized spacial score (nSPS) is 15.0. The molecule has 0 bridgehead atoms. The fourth-order valence-electron chi connectivity index (χ4n) is 4.32. The number of benzene rings is 3. The van der Waals surface area contributed by atoms with Gasteiger partial charge in [0.25, 0.3) is 5.91 Å². The minimum Gasteiger partial charge on any atom is -0.450 e. The Labute approximate surface area is 213 Å². The molecule has 0 radical (unpaired) electrons. The number of anilines is 1. The first kappa shape index (κ1) is 22.6. The molecule has 1 aliphatic rings. The smallest absolute Gasteiger partial charge is 0.297 e. The van der Waals surface area contributed by atoms with Crippen LogP contribution < -0.4 is 10.3 Å². The van der Waals surface area contributed by atoms with Gasteiger partial charge in [-0.25, -0.2) is 4.39 Å². The van der Waals surface area contributed by atoms with Gasteiger partial charge in [0.2, 0.25) is 10.9 Å². The van der Waals surface area contributed by atoms with Crippen LogP contribution in [0.5, 0.6) is 0 Å². The quantitative estimate of drug-likeness (QED) is 0.207. The van der Waals surface area contributed by atoms with Gasteiger partial charge >= 0.3 is 0 Å². The van der Waals surface area contributed by atoms with Crippen molar-refractivity contribution in [3.8, 4) is 0 Å². The van der Waals surface area contributed by atoms with Crippen LogP contribution in [-0.4, -0.2) is 16.1 Å². The predicted octanol–water partition coefficient (Wildman–Crippen LogP) is 6.13. The number of carbonyl (C=O) groups is 1. The van der Waals surface area contributed by atoms with Crippen molar-refractivity contribution in [3.05, 3.63) is 117 Å². The average molecular weight is 516 g/mol. The number of halogens is 1. The van der Waals surface area contributed by atoms with Gasteiger partial charge in [0.1, 0.15) is 11.4 Å². The van der Waals surface area contributed by atoms with Crippen molar-refractivity contribution in [2.45, 2.75) is 23.1 Å². The maximum Gasteiger partial charge on any atom is 0.297 e. The zero-order valence-electron chi connectivity index (χ0n) is 19.0. The van der Waals surface area contributed by atoms with Crippen LogP contribution in [0.4, 0.5) is 9.52 Å². The average Bonchev–Trinajstić information content (AvgIpc) is 3.47. The van der Waals surface area contributed by atoms with Crippen molar-refractivity contribution < 1.29 is 13.6 Å². The zero-order chi connectivity index (χ0) is 24.8. The van der Waals surface area contributed by atoms with Crippen LogP contribution in [0.15, 0.2) is 86.3 Å². The summed E-state index contributed by atoms with van der Waals surface area (Å²) in [7, 11) is 0. The number of fused-ring (bicyclic) bond motifs is 2. The molecule has 3 aromatic carbocycles. The van der Waals surface area contributed by atoms with Crippen molar-refractivity contribution in [3.63, 3.8) is 0 Å². The number of nitrogens with zero attached hydrogens (tertiary/aromatic N) is 3. The molecule has 0 fully saturated rings. The van der Waals surface area contributed by atoms with Gasteiger partial charge in [-0.2, -0.15) is 0 Å². The summed E-state index contributed by atoms with van der Waals surface area (Å²) in [5, 5.41) is 9.30. The Morgan fingerprint density at radius 1 is 1.03 bits per heavy atom. The molecule has 2 aromatic heterocycles. The first-order chi connectivity index (χ1) is 17.5. The lowest BCUT2D eigenvalue weighted by Crippen LogP contribution is -2.29. The van der Waals surface area contributed by atoms with E-state index in [0.29, 0.717) is 31.8 Å². The summed E-state index contributed by atoms with van der Waals surface area (Å²) < 4.78 is 20.4. The van der Waals surface area contributed by atoms with Gasteiger partial charge in [0, 0.05) is 5.75 Å². The van der Waals surface area contributed by atoms with Crippen molar-refractivity contribution in [2.75, 3.05) is 4.90 Å². The van der Waals surface area contributed by atoms with E-state index in [-0.39, 0.29) is 16.8 Å². The molecule has 3 heterocycles. The molecule has 0 spiro atoms. The lowest BCUT2D eigenvalue weighted by atomic mass is 9.98. The van der Waals surface area contributed by atoms with Crippen molar-refractivity contribution in [2.24, 2.45) is 0 Å². The highest BCUT2D eigenvalue weighted by molar-refractivity contribution is 8.00. The molecular weight excluding hydrogens is 497 g/mol. The number of aromatic nitrogens is 2. The first-order valence-corrected chi connectivity index (χ1v) is 13.0.